The van der Waals surface area contributed by atoms with E-state index in [1.54, 1.807) is 7.11 Å². The van der Waals surface area contributed by atoms with Crippen LogP contribution < -0.4 is 19.7 Å². The normalized spacial score (nSPS) is 20.2. The number of piperidine rings is 1. The molecular weight excluding hydrogens is 582 g/mol. The van der Waals surface area contributed by atoms with Gasteiger partial charge in [0.25, 0.3) is 0 Å². The Labute approximate surface area is 243 Å². The first-order valence-corrected chi connectivity index (χ1v) is 14.1. The molecule has 0 unspecified atom stereocenters. The molecule has 2 atom stereocenters. The second-order valence-electron chi connectivity index (χ2n) is 11.3. The Morgan fingerprint density at radius 3 is 2.45 bits per heavy atom. The molecule has 3 heterocycles. The van der Waals surface area contributed by atoms with Crippen molar-refractivity contribution in [2.45, 2.75) is 64.9 Å². The molecule has 218 valence electrons. The lowest BCUT2D eigenvalue weighted by molar-refractivity contribution is 0.0433. The number of esters is 1. The fourth-order valence-corrected chi connectivity index (χ4v) is 5.68. The van der Waals surface area contributed by atoms with Crippen molar-refractivity contribution in [3.05, 3.63) is 46.2 Å². The molecule has 2 aliphatic heterocycles. The highest BCUT2D eigenvalue weighted by Crippen LogP contribution is 2.44. The highest BCUT2D eigenvalue weighted by atomic mass is 79.9. The summed E-state index contributed by atoms with van der Waals surface area (Å²) in [5.41, 5.74) is 0.981. The number of ether oxygens (including phenoxy) is 5. The van der Waals surface area contributed by atoms with Crippen LogP contribution in [-0.4, -0.2) is 68.7 Å². The van der Waals surface area contributed by atoms with Gasteiger partial charge >= 0.3 is 12.1 Å². The van der Waals surface area contributed by atoms with Gasteiger partial charge in [-0.05, 0) is 74.2 Å². The number of alkyl carbamates (subject to hydrolysis) is 1. The third-order valence-electron chi connectivity index (χ3n) is 7.39. The Bertz CT molecular complexity index is 1210. The Kier molecular flexibility index (Phi) is 9.14. The minimum absolute atomic E-state index is 0.142. The van der Waals surface area contributed by atoms with Crippen molar-refractivity contribution < 1.29 is 33.3 Å². The van der Waals surface area contributed by atoms with Crippen LogP contribution in [0.1, 0.15) is 56.6 Å². The molecule has 1 amide bonds. The van der Waals surface area contributed by atoms with Crippen molar-refractivity contribution in [2.75, 3.05) is 38.8 Å². The fraction of sp³-hybridized carbons (Fsp3) is 0.552. The molecule has 2 saturated heterocycles. The van der Waals surface area contributed by atoms with Gasteiger partial charge in [0, 0.05) is 24.6 Å². The van der Waals surface area contributed by atoms with E-state index < -0.39 is 17.7 Å². The number of amides is 1. The van der Waals surface area contributed by atoms with Crippen molar-refractivity contribution in [1.29, 1.82) is 0 Å². The standard InChI is InChI=1S/C29H38BrN3O7/c1-18-24(32-27(35)40-28(2,3)4)29(17-39-18)11-13-33(14-12-29)21-15-22(25(30)31-23(21)26(34)37-6)38-16-19-7-9-20(36-5)10-8-19/h7-10,15,18,24H,11-14,16-17H2,1-6H3,(H,32,35)/t18-,24+/m0/s1. The molecule has 2 fully saturated rings. The molecule has 1 N–H and O–H groups in total. The maximum absolute atomic E-state index is 12.7. The number of benzene rings is 1. The Morgan fingerprint density at radius 1 is 1.18 bits per heavy atom. The number of nitrogens with one attached hydrogen (secondary N) is 1. The van der Waals surface area contributed by atoms with Gasteiger partial charge in [0.2, 0.25) is 0 Å². The van der Waals surface area contributed by atoms with E-state index in [2.05, 4.69) is 31.1 Å². The lowest BCUT2D eigenvalue weighted by Crippen LogP contribution is -2.55. The summed E-state index contributed by atoms with van der Waals surface area (Å²) in [5.74, 6) is 0.755. The van der Waals surface area contributed by atoms with Gasteiger partial charge in [0.15, 0.2) is 11.4 Å². The third-order valence-corrected chi connectivity index (χ3v) is 7.96. The minimum atomic E-state index is -0.588. The number of carbonyl (C=O) groups excluding carboxylic acids is 2. The van der Waals surface area contributed by atoms with E-state index in [-0.39, 0.29) is 23.3 Å². The lowest BCUT2D eigenvalue weighted by atomic mass is 9.73. The first kappa shape index (κ1) is 29.9. The monoisotopic (exact) mass is 619 g/mol. The number of halogens is 1. The third kappa shape index (κ3) is 6.80. The molecule has 40 heavy (non-hydrogen) atoms. The predicted octanol–water partition coefficient (Wildman–Crippen LogP) is 5.12. The number of hydrogen-bond acceptors (Lipinski definition) is 9. The zero-order valence-corrected chi connectivity index (χ0v) is 25.5. The number of pyridine rings is 1. The second kappa shape index (κ2) is 12.2. The van der Waals surface area contributed by atoms with Gasteiger partial charge in [-0.1, -0.05) is 12.1 Å². The summed E-state index contributed by atoms with van der Waals surface area (Å²) >= 11 is 3.45. The molecule has 2 aromatic rings. The molecular formula is C29H38BrN3O7. The van der Waals surface area contributed by atoms with Gasteiger partial charge in [0.1, 0.15) is 22.6 Å². The first-order valence-electron chi connectivity index (χ1n) is 13.4. The van der Waals surface area contributed by atoms with Crippen LogP contribution in [0.3, 0.4) is 0 Å². The number of rotatable bonds is 7. The Hall–Kier alpha value is -3.05. The highest BCUT2D eigenvalue weighted by molar-refractivity contribution is 9.10. The van der Waals surface area contributed by atoms with Crippen LogP contribution in [0.4, 0.5) is 10.5 Å². The summed E-state index contributed by atoms with van der Waals surface area (Å²) in [6.07, 6.45) is 0.907. The zero-order chi connectivity index (χ0) is 29.1. The molecule has 1 aromatic carbocycles. The van der Waals surface area contributed by atoms with Crippen molar-refractivity contribution in [3.8, 4) is 11.5 Å². The summed E-state index contributed by atoms with van der Waals surface area (Å²) in [4.78, 5) is 31.9. The smallest absolute Gasteiger partial charge is 0.407 e. The van der Waals surface area contributed by atoms with E-state index in [1.807, 2.05) is 58.0 Å². The number of methoxy groups -OCH3 is 2. The first-order chi connectivity index (χ1) is 18.9. The zero-order valence-electron chi connectivity index (χ0n) is 23.9. The van der Waals surface area contributed by atoms with Crippen LogP contribution >= 0.6 is 15.9 Å². The number of aromatic nitrogens is 1. The van der Waals surface area contributed by atoms with E-state index in [4.69, 9.17) is 23.7 Å². The number of nitrogens with zero attached hydrogens (tertiary/aromatic N) is 2. The molecule has 11 heteroatoms. The van der Waals surface area contributed by atoms with E-state index in [0.717, 1.165) is 24.2 Å². The van der Waals surface area contributed by atoms with Crippen molar-refractivity contribution >= 4 is 33.7 Å². The highest BCUT2D eigenvalue weighted by Gasteiger charge is 2.50. The van der Waals surface area contributed by atoms with Crippen LogP contribution in [0.2, 0.25) is 0 Å². The van der Waals surface area contributed by atoms with Crippen LogP contribution in [0, 0.1) is 5.41 Å². The summed E-state index contributed by atoms with van der Waals surface area (Å²) in [6, 6.07) is 9.26. The summed E-state index contributed by atoms with van der Waals surface area (Å²) in [7, 11) is 2.96. The number of anilines is 1. The Balaban J connectivity index is 1.51. The van der Waals surface area contributed by atoms with Crippen LogP contribution in [0.25, 0.3) is 0 Å². The van der Waals surface area contributed by atoms with Crippen LogP contribution in [0.5, 0.6) is 11.5 Å². The van der Waals surface area contributed by atoms with Crippen LogP contribution in [-0.2, 0) is 20.8 Å². The molecule has 2 aliphatic rings. The largest absolute Gasteiger partial charge is 0.497 e. The maximum Gasteiger partial charge on any atom is 0.407 e. The number of hydrogen-bond donors (Lipinski definition) is 1. The summed E-state index contributed by atoms with van der Waals surface area (Å²) < 4.78 is 28.3. The van der Waals surface area contributed by atoms with E-state index in [9.17, 15) is 9.59 Å². The molecule has 0 aliphatic carbocycles. The Morgan fingerprint density at radius 2 is 1.85 bits per heavy atom. The molecule has 0 saturated carbocycles. The van der Waals surface area contributed by atoms with Gasteiger partial charge in [-0.25, -0.2) is 14.6 Å². The second-order valence-corrected chi connectivity index (χ2v) is 12.0. The topological polar surface area (TPSA) is 108 Å². The van der Waals surface area contributed by atoms with E-state index in [1.165, 1.54) is 7.11 Å². The predicted molar refractivity (Wildman–Crippen MR) is 153 cm³/mol. The maximum atomic E-state index is 12.7. The minimum Gasteiger partial charge on any atom is -0.497 e. The van der Waals surface area contributed by atoms with Gasteiger partial charge in [-0.2, -0.15) is 0 Å². The van der Waals surface area contributed by atoms with Crippen molar-refractivity contribution in [1.82, 2.24) is 10.3 Å². The average Bonchev–Trinajstić information content (AvgIpc) is 3.21. The lowest BCUT2D eigenvalue weighted by Gasteiger charge is -2.43. The van der Waals surface area contributed by atoms with Gasteiger partial charge in [0.05, 0.1) is 38.7 Å². The summed E-state index contributed by atoms with van der Waals surface area (Å²) in [5, 5.41) is 3.07. The van der Waals surface area contributed by atoms with Crippen molar-refractivity contribution in [3.63, 3.8) is 0 Å². The molecule has 0 radical (unpaired) electrons. The van der Waals surface area contributed by atoms with Crippen molar-refractivity contribution in [2.24, 2.45) is 5.41 Å². The molecule has 4 rings (SSSR count). The van der Waals surface area contributed by atoms with Gasteiger partial charge in [-0.15, -0.1) is 0 Å². The van der Waals surface area contributed by atoms with Crippen LogP contribution in [0.15, 0.2) is 34.9 Å². The SMILES string of the molecule is COC(=O)c1nc(Br)c(OCc2ccc(OC)cc2)cc1N1CCC2(CC1)CO[C@@H](C)[C@H]2NC(=O)OC(C)(C)C. The van der Waals surface area contributed by atoms with Gasteiger partial charge < -0.3 is 33.9 Å². The van der Waals surface area contributed by atoms with Gasteiger partial charge in [-0.3, -0.25) is 0 Å². The fourth-order valence-electron chi connectivity index (χ4n) is 5.27. The number of carbonyl (C=O) groups is 2. The summed E-state index contributed by atoms with van der Waals surface area (Å²) in [6.45, 7) is 9.63. The van der Waals surface area contributed by atoms with E-state index in [0.29, 0.717) is 42.3 Å². The van der Waals surface area contributed by atoms with E-state index >= 15 is 0 Å². The molecule has 10 nitrogen and oxygen atoms in total. The average molecular weight is 621 g/mol. The molecule has 1 spiro atoms. The molecule has 0 bridgehead atoms. The molecule has 1 aromatic heterocycles. The quantitative estimate of drug-likeness (QED) is 0.334.